The van der Waals surface area contributed by atoms with Crippen LogP contribution in [0.3, 0.4) is 0 Å². The molecule has 3 fully saturated rings. The molecule has 4 heterocycles. The number of nitriles is 1. The Bertz CT molecular complexity index is 1420. The van der Waals surface area contributed by atoms with E-state index in [0.717, 1.165) is 5.56 Å². The highest BCUT2D eigenvalue weighted by molar-refractivity contribution is 7.91. The first-order chi connectivity index (χ1) is 16.6. The van der Waals surface area contributed by atoms with Crippen molar-refractivity contribution >= 4 is 27.5 Å². The van der Waals surface area contributed by atoms with E-state index in [4.69, 9.17) is 4.74 Å². The van der Waals surface area contributed by atoms with E-state index >= 15 is 4.39 Å². The van der Waals surface area contributed by atoms with Gasteiger partial charge in [0.1, 0.15) is 17.3 Å². The van der Waals surface area contributed by atoms with Crippen molar-refractivity contribution in [3.8, 4) is 17.2 Å². The van der Waals surface area contributed by atoms with Gasteiger partial charge in [0.15, 0.2) is 9.84 Å². The molecule has 0 bridgehead atoms. The van der Waals surface area contributed by atoms with Gasteiger partial charge in [0.2, 0.25) is 5.91 Å². The Labute approximate surface area is 200 Å². The van der Waals surface area contributed by atoms with Gasteiger partial charge in [-0.05, 0) is 30.2 Å². The van der Waals surface area contributed by atoms with Crippen LogP contribution in [0.25, 0.3) is 11.1 Å². The molecule has 4 aliphatic rings. The second-order valence-corrected chi connectivity index (χ2v) is 11.8. The fraction of sp³-hybridized carbons (Fsp3) is 0.417. The van der Waals surface area contributed by atoms with Gasteiger partial charge >= 0.3 is 6.09 Å². The lowest BCUT2D eigenvalue weighted by molar-refractivity contribution is -0.119. The molecule has 9 nitrogen and oxygen atoms in total. The van der Waals surface area contributed by atoms with Crippen LogP contribution in [0.5, 0.6) is 0 Å². The highest BCUT2D eigenvalue weighted by Crippen LogP contribution is 2.63. The maximum absolute atomic E-state index is 15.2. The first kappa shape index (κ1) is 22.0. The average molecular weight is 497 g/mol. The predicted octanol–water partition coefficient (Wildman–Crippen LogP) is 1.71. The predicted molar refractivity (Wildman–Crippen MR) is 121 cm³/mol. The maximum Gasteiger partial charge on any atom is 0.415 e. The van der Waals surface area contributed by atoms with E-state index in [2.05, 4.69) is 16.4 Å². The number of benzene rings is 1. The maximum atomic E-state index is 15.2. The molecule has 35 heavy (non-hydrogen) atoms. The molecule has 2 aromatic rings. The number of fused-ring (bicyclic) bond motifs is 4. The molecule has 3 unspecified atom stereocenters. The Balaban J connectivity index is 1.27. The number of carbonyl (C=O) groups excluding carboxylic acids is 2. The van der Waals surface area contributed by atoms with Crippen molar-refractivity contribution in [3.63, 3.8) is 0 Å². The SMILES string of the molecule is CC(=O)NCC1OC(=O)N2c3cc(F)c(-c4ccc(C5(C#N)C6CS(=O)(=O)CC65)nc4)cc3C[C@@H]12. The van der Waals surface area contributed by atoms with Gasteiger partial charge in [0, 0.05) is 36.1 Å². The monoisotopic (exact) mass is 496 g/mol. The van der Waals surface area contributed by atoms with Gasteiger partial charge in [-0.2, -0.15) is 5.26 Å². The Morgan fingerprint density at radius 1 is 1.34 bits per heavy atom. The number of rotatable bonds is 4. The molecule has 6 rings (SSSR count). The molecule has 2 saturated heterocycles. The topological polar surface area (TPSA) is 129 Å². The molecular formula is C24H21FN4O5S. The van der Waals surface area contributed by atoms with Gasteiger partial charge in [0.05, 0.1) is 41.5 Å². The van der Waals surface area contributed by atoms with Crippen LogP contribution >= 0.6 is 0 Å². The first-order valence-corrected chi connectivity index (χ1v) is 13.1. The van der Waals surface area contributed by atoms with E-state index in [1.807, 2.05) is 0 Å². The van der Waals surface area contributed by atoms with E-state index in [9.17, 15) is 23.3 Å². The lowest BCUT2D eigenvalue weighted by Gasteiger charge is -2.16. The molecule has 1 saturated carbocycles. The largest absolute Gasteiger partial charge is 0.442 e. The minimum absolute atomic E-state index is 0.00284. The van der Waals surface area contributed by atoms with Crippen LogP contribution in [0.15, 0.2) is 30.5 Å². The molecule has 3 aliphatic heterocycles. The third kappa shape index (κ3) is 3.16. The Morgan fingerprint density at radius 3 is 2.71 bits per heavy atom. The normalized spacial score (nSPS) is 31.2. The van der Waals surface area contributed by atoms with Crippen molar-refractivity contribution in [1.82, 2.24) is 10.3 Å². The van der Waals surface area contributed by atoms with Crippen LogP contribution < -0.4 is 10.2 Å². The summed E-state index contributed by atoms with van der Waals surface area (Å²) in [4.78, 5) is 29.6. The van der Waals surface area contributed by atoms with Gasteiger partial charge in [-0.15, -0.1) is 0 Å². The van der Waals surface area contributed by atoms with E-state index < -0.39 is 33.3 Å². The van der Waals surface area contributed by atoms with E-state index in [1.165, 1.54) is 24.1 Å². The van der Waals surface area contributed by atoms with Crippen LogP contribution in [-0.2, 0) is 31.2 Å². The second-order valence-electron chi connectivity index (χ2n) is 9.66. The van der Waals surface area contributed by atoms with Crippen molar-refractivity contribution < 1.29 is 27.1 Å². The van der Waals surface area contributed by atoms with Gasteiger partial charge in [-0.25, -0.2) is 17.6 Å². The van der Waals surface area contributed by atoms with Crippen LogP contribution in [-0.4, -0.2) is 55.6 Å². The third-order valence-corrected chi connectivity index (χ3v) is 9.45. The molecule has 4 atom stereocenters. The molecule has 2 amide bonds. The number of carbonyl (C=O) groups is 2. The molecule has 0 spiro atoms. The number of hydrogen-bond acceptors (Lipinski definition) is 7. The second kappa shape index (κ2) is 7.24. The molecule has 1 aromatic carbocycles. The van der Waals surface area contributed by atoms with Crippen LogP contribution in [0.2, 0.25) is 0 Å². The summed E-state index contributed by atoms with van der Waals surface area (Å²) in [6.07, 6.45) is 0.863. The Morgan fingerprint density at radius 2 is 2.09 bits per heavy atom. The van der Waals surface area contributed by atoms with Crippen molar-refractivity contribution in [2.45, 2.75) is 30.9 Å². The number of ether oxygens (including phenoxy) is 1. The van der Waals surface area contributed by atoms with Crippen molar-refractivity contribution in [3.05, 3.63) is 47.5 Å². The average Bonchev–Trinajstić information content (AvgIpc) is 3.11. The smallest absolute Gasteiger partial charge is 0.415 e. The number of amides is 2. The van der Waals surface area contributed by atoms with Crippen LogP contribution in [0.4, 0.5) is 14.9 Å². The molecule has 1 aromatic heterocycles. The fourth-order valence-corrected chi connectivity index (χ4v) is 8.20. The number of cyclic esters (lactones) is 1. The van der Waals surface area contributed by atoms with Gasteiger partial charge < -0.3 is 10.1 Å². The van der Waals surface area contributed by atoms with Crippen molar-refractivity contribution in [1.29, 1.82) is 5.26 Å². The number of aromatic nitrogens is 1. The quantitative estimate of drug-likeness (QED) is 0.682. The third-order valence-electron chi connectivity index (χ3n) is 7.72. The Hall–Kier alpha value is -3.52. The number of nitrogens with zero attached hydrogens (tertiary/aromatic N) is 3. The Kier molecular flexibility index (Phi) is 4.55. The van der Waals surface area contributed by atoms with Crippen LogP contribution in [0.1, 0.15) is 18.2 Å². The highest BCUT2D eigenvalue weighted by Gasteiger charge is 2.72. The first-order valence-electron chi connectivity index (χ1n) is 11.3. The van der Waals surface area contributed by atoms with E-state index in [0.29, 0.717) is 28.9 Å². The lowest BCUT2D eigenvalue weighted by atomic mass is 9.96. The number of hydrogen-bond donors (Lipinski definition) is 1. The molecule has 1 N–H and O–H groups in total. The summed E-state index contributed by atoms with van der Waals surface area (Å²) in [6, 6.07) is 8.33. The highest BCUT2D eigenvalue weighted by atomic mass is 32.2. The summed E-state index contributed by atoms with van der Waals surface area (Å²) in [5.74, 6) is -1.25. The van der Waals surface area contributed by atoms with Crippen molar-refractivity contribution in [2.24, 2.45) is 11.8 Å². The van der Waals surface area contributed by atoms with E-state index in [-0.39, 0.29) is 41.8 Å². The standard InChI is InChI=1S/C24H21FN4O5S/c1-12(30)27-8-21-20-5-14-4-15(18(25)6-19(14)29(20)23(31)34-21)13-2-3-22(28-7-13)24(11-26)16-9-35(32,33)10-17(16)24/h2-4,6-7,16-17,20-21H,5,8-10H2,1H3,(H,27,30)/t16?,17?,20-,21?,24?/m0/s1. The number of pyridine rings is 1. The molecule has 180 valence electrons. The number of nitrogens with one attached hydrogen (secondary N) is 1. The zero-order chi connectivity index (χ0) is 24.7. The number of sulfone groups is 1. The van der Waals surface area contributed by atoms with Crippen LogP contribution in [0, 0.1) is 29.0 Å². The summed E-state index contributed by atoms with van der Waals surface area (Å²) in [5, 5.41) is 12.5. The summed E-state index contributed by atoms with van der Waals surface area (Å²) in [7, 11) is -3.11. The zero-order valence-corrected chi connectivity index (χ0v) is 19.5. The lowest BCUT2D eigenvalue weighted by Crippen LogP contribution is -2.40. The summed E-state index contributed by atoms with van der Waals surface area (Å²) >= 11 is 0. The van der Waals surface area contributed by atoms with E-state index in [1.54, 1.807) is 18.2 Å². The summed E-state index contributed by atoms with van der Waals surface area (Å²) in [5.41, 5.74) is 1.70. The van der Waals surface area contributed by atoms with Crippen molar-refractivity contribution in [2.75, 3.05) is 23.0 Å². The molecule has 0 radical (unpaired) electrons. The fourth-order valence-electron chi connectivity index (χ4n) is 5.98. The minimum Gasteiger partial charge on any atom is -0.442 e. The van der Waals surface area contributed by atoms with Gasteiger partial charge in [-0.3, -0.25) is 14.7 Å². The van der Waals surface area contributed by atoms with Gasteiger partial charge in [-0.1, -0.05) is 6.07 Å². The summed E-state index contributed by atoms with van der Waals surface area (Å²) < 4.78 is 44.2. The molecule has 1 aliphatic carbocycles. The number of anilines is 1. The molecular weight excluding hydrogens is 475 g/mol. The van der Waals surface area contributed by atoms with Gasteiger partial charge in [0.25, 0.3) is 0 Å². The zero-order valence-electron chi connectivity index (χ0n) is 18.7. The number of halogens is 1. The summed E-state index contributed by atoms with van der Waals surface area (Å²) in [6.45, 7) is 1.57. The minimum atomic E-state index is -3.11. The molecule has 11 heteroatoms.